The second-order valence-electron chi connectivity index (χ2n) is 7.87. The summed E-state index contributed by atoms with van der Waals surface area (Å²) in [6, 6.07) is 18.3. The average molecular weight is 449 g/mol. The van der Waals surface area contributed by atoms with Gasteiger partial charge in [-0.2, -0.15) is 0 Å². The molecule has 164 valence electrons. The zero-order valence-electron chi connectivity index (χ0n) is 17.9. The minimum atomic E-state index is -0.159. The molecule has 6 nitrogen and oxygen atoms in total. The van der Waals surface area contributed by atoms with Crippen LogP contribution < -0.4 is 10.2 Å². The average Bonchev–Trinajstić information content (AvgIpc) is 3.05. The van der Waals surface area contributed by atoms with Crippen LogP contribution in [0.25, 0.3) is 0 Å². The third kappa shape index (κ3) is 5.26. The smallest absolute Gasteiger partial charge is 0.255 e. The number of aryl methyl sites for hydroxylation is 1. The molecule has 1 aromatic heterocycles. The van der Waals surface area contributed by atoms with Gasteiger partial charge >= 0.3 is 0 Å². The molecule has 4 rings (SSSR count). The Bertz CT molecular complexity index is 1120. The van der Waals surface area contributed by atoms with Crippen LogP contribution in [0.3, 0.4) is 0 Å². The Morgan fingerprint density at radius 2 is 1.75 bits per heavy atom. The van der Waals surface area contributed by atoms with Gasteiger partial charge in [0, 0.05) is 42.3 Å². The van der Waals surface area contributed by atoms with Gasteiger partial charge in [0.05, 0.1) is 11.9 Å². The summed E-state index contributed by atoms with van der Waals surface area (Å²) in [5, 5.41) is 3.45. The molecule has 1 fully saturated rings. The van der Waals surface area contributed by atoms with Gasteiger partial charge in [0.15, 0.2) is 0 Å². The Kier molecular flexibility index (Phi) is 6.71. The highest BCUT2D eigenvalue weighted by Crippen LogP contribution is 2.19. The van der Waals surface area contributed by atoms with Crippen LogP contribution in [0, 0.1) is 6.92 Å². The van der Waals surface area contributed by atoms with Crippen molar-refractivity contribution in [1.82, 2.24) is 9.88 Å². The van der Waals surface area contributed by atoms with Crippen LogP contribution in [0.5, 0.6) is 0 Å². The molecule has 0 saturated carbocycles. The molecule has 2 heterocycles. The Morgan fingerprint density at radius 3 is 2.50 bits per heavy atom. The molecule has 0 bridgehead atoms. The third-order valence-electron chi connectivity index (χ3n) is 5.46. The van der Waals surface area contributed by atoms with Gasteiger partial charge in [-0.05, 0) is 55.8 Å². The molecule has 1 aliphatic heterocycles. The molecule has 7 heteroatoms. The van der Waals surface area contributed by atoms with Crippen molar-refractivity contribution in [3.05, 3.63) is 88.6 Å². The lowest BCUT2D eigenvalue weighted by Crippen LogP contribution is -2.35. The van der Waals surface area contributed by atoms with E-state index in [2.05, 4.69) is 15.2 Å². The predicted molar refractivity (Wildman–Crippen MR) is 128 cm³/mol. The Balaban J connectivity index is 1.37. The lowest BCUT2D eigenvalue weighted by Gasteiger charge is -2.23. The van der Waals surface area contributed by atoms with Gasteiger partial charge in [0.2, 0.25) is 0 Å². The van der Waals surface area contributed by atoms with E-state index in [4.69, 9.17) is 11.6 Å². The van der Waals surface area contributed by atoms with Gasteiger partial charge in [-0.15, -0.1) is 0 Å². The highest BCUT2D eigenvalue weighted by Gasteiger charge is 2.21. The van der Waals surface area contributed by atoms with Crippen molar-refractivity contribution in [2.24, 2.45) is 0 Å². The number of nitrogens with one attached hydrogen (secondary N) is 1. The quantitative estimate of drug-likeness (QED) is 0.631. The minimum absolute atomic E-state index is 0.00322. The van der Waals surface area contributed by atoms with E-state index in [9.17, 15) is 9.59 Å². The molecule has 2 amide bonds. The van der Waals surface area contributed by atoms with Crippen LogP contribution in [-0.4, -0.2) is 47.9 Å². The van der Waals surface area contributed by atoms with Crippen LogP contribution in [0.2, 0.25) is 5.02 Å². The number of carbonyl (C=O) groups is 2. The Labute approximate surface area is 192 Å². The van der Waals surface area contributed by atoms with Gasteiger partial charge in [-0.1, -0.05) is 35.4 Å². The number of anilines is 2. The summed E-state index contributed by atoms with van der Waals surface area (Å²) < 4.78 is 0. The fourth-order valence-corrected chi connectivity index (χ4v) is 3.98. The number of benzene rings is 2. The van der Waals surface area contributed by atoms with Crippen molar-refractivity contribution in [3.63, 3.8) is 0 Å². The fraction of sp³-hybridized carbons (Fsp3) is 0.240. The van der Waals surface area contributed by atoms with E-state index in [-0.39, 0.29) is 11.8 Å². The van der Waals surface area contributed by atoms with E-state index < -0.39 is 0 Å². The lowest BCUT2D eigenvalue weighted by molar-refractivity contribution is 0.0767. The SMILES string of the molecule is Cc1cccc(C(=O)Nc2ccc(N3CCCN(C(=O)c4cccc(Cl)c4)CC3)nc2)c1. The molecule has 0 aliphatic carbocycles. The van der Waals surface area contributed by atoms with Crippen LogP contribution in [0.15, 0.2) is 66.9 Å². The molecule has 1 aliphatic rings. The second kappa shape index (κ2) is 9.83. The van der Waals surface area contributed by atoms with Crippen LogP contribution in [0.1, 0.15) is 32.7 Å². The van der Waals surface area contributed by atoms with E-state index in [1.165, 1.54) is 0 Å². The number of nitrogens with zero attached hydrogens (tertiary/aromatic N) is 3. The highest BCUT2D eigenvalue weighted by atomic mass is 35.5. The number of halogens is 1. The first-order chi connectivity index (χ1) is 15.5. The summed E-state index contributed by atoms with van der Waals surface area (Å²) in [6.07, 6.45) is 2.52. The van der Waals surface area contributed by atoms with Gasteiger partial charge in [0.25, 0.3) is 11.8 Å². The predicted octanol–water partition coefficient (Wildman–Crippen LogP) is 4.65. The Morgan fingerprint density at radius 1 is 0.938 bits per heavy atom. The third-order valence-corrected chi connectivity index (χ3v) is 5.70. The number of amides is 2. The first-order valence-electron chi connectivity index (χ1n) is 10.6. The van der Waals surface area contributed by atoms with Crippen molar-refractivity contribution >= 4 is 34.9 Å². The second-order valence-corrected chi connectivity index (χ2v) is 8.31. The van der Waals surface area contributed by atoms with E-state index in [1.807, 2.05) is 42.2 Å². The van der Waals surface area contributed by atoms with E-state index in [1.54, 1.807) is 36.5 Å². The van der Waals surface area contributed by atoms with Crippen LogP contribution in [0.4, 0.5) is 11.5 Å². The van der Waals surface area contributed by atoms with Gasteiger partial charge in [-0.25, -0.2) is 4.98 Å². The summed E-state index contributed by atoms with van der Waals surface area (Å²) in [4.78, 5) is 33.8. The van der Waals surface area contributed by atoms with Crippen molar-refractivity contribution in [3.8, 4) is 0 Å². The van der Waals surface area contributed by atoms with Crippen molar-refractivity contribution in [1.29, 1.82) is 0 Å². The summed E-state index contributed by atoms with van der Waals surface area (Å²) in [6.45, 7) is 4.75. The number of hydrogen-bond donors (Lipinski definition) is 1. The van der Waals surface area contributed by atoms with E-state index in [0.29, 0.717) is 41.5 Å². The lowest BCUT2D eigenvalue weighted by atomic mass is 10.1. The van der Waals surface area contributed by atoms with Gasteiger partial charge in [-0.3, -0.25) is 9.59 Å². The number of pyridine rings is 1. The van der Waals surface area contributed by atoms with Crippen molar-refractivity contribution in [2.75, 3.05) is 36.4 Å². The molecule has 3 aromatic rings. The maximum absolute atomic E-state index is 12.8. The molecule has 1 saturated heterocycles. The molecule has 2 aromatic carbocycles. The molecule has 0 atom stereocenters. The maximum atomic E-state index is 12.8. The fourth-order valence-electron chi connectivity index (χ4n) is 3.79. The molecule has 0 unspecified atom stereocenters. The van der Waals surface area contributed by atoms with E-state index in [0.717, 1.165) is 24.3 Å². The standard InChI is InChI=1S/C25H25ClN4O2/c1-18-5-2-6-19(15-18)24(31)28-22-9-10-23(27-17-22)29-11-4-12-30(14-13-29)25(32)20-7-3-8-21(26)16-20/h2-3,5-10,15-17H,4,11-14H2,1H3,(H,28,31). The topological polar surface area (TPSA) is 65.5 Å². The van der Waals surface area contributed by atoms with Crippen LogP contribution >= 0.6 is 11.6 Å². The molecular weight excluding hydrogens is 424 g/mol. The van der Waals surface area contributed by atoms with Gasteiger partial charge < -0.3 is 15.1 Å². The highest BCUT2D eigenvalue weighted by molar-refractivity contribution is 6.30. The monoisotopic (exact) mass is 448 g/mol. The summed E-state index contributed by atoms with van der Waals surface area (Å²) in [7, 11) is 0. The Hall–Kier alpha value is -3.38. The summed E-state index contributed by atoms with van der Waals surface area (Å²) in [5.41, 5.74) is 2.91. The largest absolute Gasteiger partial charge is 0.355 e. The number of rotatable bonds is 4. The first-order valence-corrected chi connectivity index (χ1v) is 11.0. The number of carbonyl (C=O) groups excluding carboxylic acids is 2. The molecule has 1 N–H and O–H groups in total. The molecule has 0 radical (unpaired) electrons. The molecule has 0 spiro atoms. The molecule has 32 heavy (non-hydrogen) atoms. The summed E-state index contributed by atoms with van der Waals surface area (Å²) in [5.74, 6) is 0.667. The van der Waals surface area contributed by atoms with Crippen LogP contribution in [-0.2, 0) is 0 Å². The van der Waals surface area contributed by atoms with Gasteiger partial charge in [0.1, 0.15) is 5.82 Å². The normalized spacial score (nSPS) is 14.1. The maximum Gasteiger partial charge on any atom is 0.255 e. The zero-order valence-corrected chi connectivity index (χ0v) is 18.7. The first kappa shape index (κ1) is 21.8. The van der Waals surface area contributed by atoms with Crippen molar-refractivity contribution < 1.29 is 9.59 Å². The summed E-state index contributed by atoms with van der Waals surface area (Å²) >= 11 is 6.04. The number of aromatic nitrogens is 1. The number of hydrogen-bond acceptors (Lipinski definition) is 4. The minimum Gasteiger partial charge on any atom is -0.355 e. The zero-order chi connectivity index (χ0) is 22.5. The van der Waals surface area contributed by atoms with E-state index >= 15 is 0 Å². The van der Waals surface area contributed by atoms with Crippen molar-refractivity contribution in [2.45, 2.75) is 13.3 Å². The molecular formula is C25H25ClN4O2.